The predicted octanol–water partition coefficient (Wildman–Crippen LogP) is 3.10. The Bertz CT molecular complexity index is 813. The third-order valence-electron chi connectivity index (χ3n) is 6.14. The first-order chi connectivity index (χ1) is 13.6. The minimum absolute atomic E-state index is 0.125. The van der Waals surface area contributed by atoms with Crippen LogP contribution in [0, 0.1) is 0 Å². The van der Waals surface area contributed by atoms with E-state index in [0.29, 0.717) is 0 Å². The van der Waals surface area contributed by atoms with Crippen LogP contribution in [-0.2, 0) is 11.2 Å². The van der Waals surface area contributed by atoms with Gasteiger partial charge in [0.05, 0.1) is 12.1 Å². The molecule has 0 spiro atoms. The lowest BCUT2D eigenvalue weighted by atomic mass is 9.87. The number of amides is 1. The molecule has 0 radical (unpaired) electrons. The molecule has 2 aliphatic rings. The molecule has 0 saturated carbocycles. The maximum atomic E-state index is 12.9. The molecule has 1 heterocycles. The number of anilines is 1. The van der Waals surface area contributed by atoms with Gasteiger partial charge in [-0.2, -0.15) is 0 Å². The number of aryl methyl sites for hydroxylation is 1. The molecule has 1 saturated heterocycles. The second-order valence-electron chi connectivity index (χ2n) is 7.87. The van der Waals surface area contributed by atoms with E-state index in [1.54, 1.807) is 12.1 Å². The van der Waals surface area contributed by atoms with Crippen LogP contribution < -0.4 is 10.2 Å². The van der Waals surface area contributed by atoms with E-state index in [-0.39, 0.29) is 23.7 Å². The molecule has 1 fully saturated rings. The summed E-state index contributed by atoms with van der Waals surface area (Å²) < 4.78 is 0. The van der Waals surface area contributed by atoms with Crippen LogP contribution in [0.5, 0.6) is 5.75 Å². The van der Waals surface area contributed by atoms with Crippen molar-refractivity contribution in [2.45, 2.75) is 38.3 Å². The standard InChI is InChI=1S/C23H29N3O2/c1-17(23(28)24-22-8-4-6-18-5-2-3-7-21(18)22)25-13-15-26(16-14-25)19-9-11-20(27)12-10-19/h2-3,5,7,9-12,17,22,27H,4,6,8,13-16H2,1H3,(H,24,28). The molecule has 148 valence electrons. The van der Waals surface area contributed by atoms with Gasteiger partial charge in [-0.15, -0.1) is 0 Å². The monoisotopic (exact) mass is 379 g/mol. The van der Waals surface area contributed by atoms with Gasteiger partial charge in [-0.25, -0.2) is 0 Å². The van der Waals surface area contributed by atoms with Gasteiger partial charge in [0.15, 0.2) is 0 Å². The van der Waals surface area contributed by atoms with Crippen LogP contribution in [0.3, 0.4) is 0 Å². The second-order valence-corrected chi connectivity index (χ2v) is 7.87. The molecule has 4 rings (SSSR count). The maximum absolute atomic E-state index is 12.9. The number of phenols is 1. The number of rotatable bonds is 4. The predicted molar refractivity (Wildman–Crippen MR) is 112 cm³/mol. The summed E-state index contributed by atoms with van der Waals surface area (Å²) in [6.07, 6.45) is 3.25. The number of nitrogens with one attached hydrogen (secondary N) is 1. The van der Waals surface area contributed by atoms with E-state index in [1.165, 1.54) is 11.1 Å². The molecule has 2 atom stereocenters. The van der Waals surface area contributed by atoms with Crippen LogP contribution in [-0.4, -0.2) is 48.1 Å². The lowest BCUT2D eigenvalue weighted by molar-refractivity contribution is -0.126. The van der Waals surface area contributed by atoms with E-state index >= 15 is 0 Å². The highest BCUT2D eigenvalue weighted by Gasteiger charge is 2.28. The van der Waals surface area contributed by atoms with E-state index in [2.05, 4.69) is 39.4 Å². The molecular formula is C23H29N3O2. The molecule has 2 aromatic carbocycles. The average Bonchev–Trinajstić information content (AvgIpc) is 2.74. The van der Waals surface area contributed by atoms with Crippen LogP contribution in [0.2, 0.25) is 0 Å². The van der Waals surface area contributed by atoms with Gasteiger partial charge < -0.3 is 15.3 Å². The van der Waals surface area contributed by atoms with Crippen molar-refractivity contribution in [1.29, 1.82) is 0 Å². The van der Waals surface area contributed by atoms with Gasteiger partial charge in [-0.05, 0) is 61.6 Å². The van der Waals surface area contributed by atoms with Crippen molar-refractivity contribution < 1.29 is 9.90 Å². The summed E-state index contributed by atoms with van der Waals surface area (Å²) in [5.41, 5.74) is 3.77. The maximum Gasteiger partial charge on any atom is 0.237 e. The number of piperazine rings is 1. The zero-order valence-corrected chi connectivity index (χ0v) is 16.5. The molecule has 1 amide bonds. The van der Waals surface area contributed by atoms with Crippen LogP contribution >= 0.6 is 0 Å². The molecule has 0 aromatic heterocycles. The first kappa shape index (κ1) is 18.8. The highest BCUT2D eigenvalue weighted by atomic mass is 16.3. The van der Waals surface area contributed by atoms with E-state index in [0.717, 1.165) is 51.1 Å². The molecule has 1 aliphatic heterocycles. The number of fused-ring (bicyclic) bond motifs is 1. The van der Waals surface area contributed by atoms with Crippen molar-refractivity contribution in [2.24, 2.45) is 0 Å². The number of hydrogen-bond donors (Lipinski definition) is 2. The Morgan fingerprint density at radius 3 is 2.54 bits per heavy atom. The average molecular weight is 380 g/mol. The zero-order valence-electron chi connectivity index (χ0n) is 16.5. The summed E-state index contributed by atoms with van der Waals surface area (Å²) in [6, 6.07) is 15.8. The van der Waals surface area contributed by atoms with Gasteiger partial charge in [0.1, 0.15) is 5.75 Å². The van der Waals surface area contributed by atoms with Crippen molar-refractivity contribution in [3.8, 4) is 5.75 Å². The molecule has 1 aliphatic carbocycles. The topological polar surface area (TPSA) is 55.8 Å². The number of aromatic hydroxyl groups is 1. The first-order valence-electron chi connectivity index (χ1n) is 10.3. The second kappa shape index (κ2) is 8.23. The van der Waals surface area contributed by atoms with Crippen LogP contribution in [0.25, 0.3) is 0 Å². The van der Waals surface area contributed by atoms with E-state index in [9.17, 15) is 9.90 Å². The summed E-state index contributed by atoms with van der Waals surface area (Å²) in [5, 5.41) is 12.8. The molecule has 28 heavy (non-hydrogen) atoms. The number of hydrogen-bond acceptors (Lipinski definition) is 4. The number of carbonyl (C=O) groups is 1. The molecule has 5 nitrogen and oxygen atoms in total. The largest absolute Gasteiger partial charge is 0.508 e. The molecule has 0 bridgehead atoms. The fourth-order valence-corrected chi connectivity index (χ4v) is 4.39. The normalized spacial score (nSPS) is 21.0. The Kier molecular flexibility index (Phi) is 5.53. The van der Waals surface area contributed by atoms with Crippen LogP contribution in [0.15, 0.2) is 48.5 Å². The third kappa shape index (κ3) is 3.99. The highest BCUT2D eigenvalue weighted by molar-refractivity contribution is 5.82. The van der Waals surface area contributed by atoms with E-state index in [4.69, 9.17) is 0 Å². The summed E-state index contributed by atoms with van der Waals surface area (Å²) in [5.74, 6) is 0.414. The highest BCUT2D eigenvalue weighted by Crippen LogP contribution is 2.29. The van der Waals surface area contributed by atoms with Crippen molar-refractivity contribution in [1.82, 2.24) is 10.2 Å². The minimum atomic E-state index is -0.129. The molecule has 5 heteroatoms. The smallest absolute Gasteiger partial charge is 0.237 e. The van der Waals surface area contributed by atoms with Gasteiger partial charge >= 0.3 is 0 Å². The zero-order chi connectivity index (χ0) is 19.5. The number of benzene rings is 2. The SMILES string of the molecule is CC(C(=O)NC1CCCc2ccccc21)N1CCN(c2ccc(O)cc2)CC1. The van der Waals surface area contributed by atoms with Crippen molar-refractivity contribution in [3.05, 3.63) is 59.7 Å². The van der Waals surface area contributed by atoms with Crippen molar-refractivity contribution in [2.75, 3.05) is 31.1 Å². The van der Waals surface area contributed by atoms with Crippen LogP contribution in [0.4, 0.5) is 5.69 Å². The lowest BCUT2D eigenvalue weighted by Crippen LogP contribution is -2.54. The van der Waals surface area contributed by atoms with Crippen LogP contribution in [0.1, 0.15) is 36.9 Å². The summed E-state index contributed by atoms with van der Waals surface area (Å²) >= 11 is 0. The van der Waals surface area contributed by atoms with E-state index in [1.807, 2.05) is 19.1 Å². The first-order valence-corrected chi connectivity index (χ1v) is 10.3. The molecule has 2 aromatic rings. The molecule has 2 N–H and O–H groups in total. The summed E-state index contributed by atoms with van der Waals surface area (Å²) in [4.78, 5) is 17.5. The fraction of sp³-hybridized carbons (Fsp3) is 0.435. The minimum Gasteiger partial charge on any atom is -0.508 e. The van der Waals surface area contributed by atoms with Gasteiger partial charge in [-0.1, -0.05) is 24.3 Å². The van der Waals surface area contributed by atoms with Gasteiger partial charge in [0.2, 0.25) is 5.91 Å². The Morgan fingerprint density at radius 1 is 1.07 bits per heavy atom. The van der Waals surface area contributed by atoms with Gasteiger partial charge in [0, 0.05) is 31.9 Å². The third-order valence-corrected chi connectivity index (χ3v) is 6.14. The van der Waals surface area contributed by atoms with Gasteiger partial charge in [0.25, 0.3) is 0 Å². The Balaban J connectivity index is 1.33. The Morgan fingerprint density at radius 2 is 1.79 bits per heavy atom. The molecular weight excluding hydrogens is 350 g/mol. The summed E-state index contributed by atoms with van der Waals surface area (Å²) in [6.45, 7) is 5.50. The number of phenolic OH excluding ortho intramolecular Hbond substituents is 1. The lowest BCUT2D eigenvalue weighted by Gasteiger charge is -2.39. The van der Waals surface area contributed by atoms with Gasteiger partial charge in [-0.3, -0.25) is 9.69 Å². The fourth-order valence-electron chi connectivity index (χ4n) is 4.39. The quantitative estimate of drug-likeness (QED) is 0.857. The summed E-state index contributed by atoms with van der Waals surface area (Å²) in [7, 11) is 0. The Hall–Kier alpha value is -2.53. The van der Waals surface area contributed by atoms with E-state index < -0.39 is 0 Å². The Labute approximate surface area is 167 Å². The van der Waals surface area contributed by atoms with Crippen molar-refractivity contribution >= 4 is 11.6 Å². The number of carbonyl (C=O) groups excluding carboxylic acids is 1. The molecule has 2 unspecified atom stereocenters. The number of nitrogens with zero attached hydrogens (tertiary/aromatic N) is 2. The van der Waals surface area contributed by atoms with Crippen molar-refractivity contribution in [3.63, 3.8) is 0 Å².